The van der Waals surface area contributed by atoms with Crippen LogP contribution in [0.4, 0.5) is 0 Å². The number of benzene rings is 1. The molecule has 0 aliphatic carbocycles. The van der Waals surface area contributed by atoms with E-state index in [1.165, 1.54) is 0 Å². The minimum atomic E-state index is -0.603. The molecule has 1 atom stereocenters. The lowest BCUT2D eigenvalue weighted by Crippen LogP contribution is -2.52. The summed E-state index contributed by atoms with van der Waals surface area (Å²) < 4.78 is 2.01. The number of imidazole rings is 1. The van der Waals surface area contributed by atoms with Gasteiger partial charge in [-0.15, -0.1) is 0 Å². The van der Waals surface area contributed by atoms with Crippen molar-refractivity contribution < 1.29 is 14.4 Å². The Morgan fingerprint density at radius 1 is 1.25 bits per heavy atom. The molecule has 1 unspecified atom stereocenters. The van der Waals surface area contributed by atoms with Crippen molar-refractivity contribution in [2.45, 2.75) is 44.8 Å². The molecule has 2 aliphatic heterocycles. The van der Waals surface area contributed by atoms with Gasteiger partial charge in [0.05, 0.1) is 6.33 Å². The van der Waals surface area contributed by atoms with Crippen molar-refractivity contribution in [1.29, 1.82) is 0 Å². The Labute approximate surface area is 162 Å². The van der Waals surface area contributed by atoms with Gasteiger partial charge in [-0.05, 0) is 30.5 Å². The van der Waals surface area contributed by atoms with Crippen LogP contribution in [0.2, 0.25) is 0 Å². The smallest absolute Gasteiger partial charge is 0.255 e. The molecule has 2 aromatic rings. The molecule has 1 aromatic carbocycles. The number of carbonyl (C=O) groups excluding carboxylic acids is 3. The van der Waals surface area contributed by atoms with Crippen molar-refractivity contribution in [3.63, 3.8) is 0 Å². The topological polar surface area (TPSA) is 84.3 Å². The molecule has 28 heavy (non-hydrogen) atoms. The van der Waals surface area contributed by atoms with E-state index >= 15 is 0 Å². The number of rotatable bonds is 4. The normalized spacial score (nSPS) is 18.5. The molecule has 4 rings (SSSR count). The number of nitrogens with one attached hydrogen (secondary N) is 1. The first-order valence-corrected chi connectivity index (χ1v) is 9.34. The zero-order chi connectivity index (χ0) is 19.5. The Balaban J connectivity index is 1.45. The quantitative estimate of drug-likeness (QED) is 0.498. The number of unbranched alkanes of at least 4 members (excludes halogenated alkanes) is 1. The number of amides is 3. The second kappa shape index (κ2) is 7.69. The zero-order valence-electron chi connectivity index (χ0n) is 15.4. The lowest BCUT2D eigenvalue weighted by atomic mass is 10.0. The first-order chi connectivity index (χ1) is 13.6. The second-order valence-electron chi connectivity index (χ2n) is 6.94. The van der Waals surface area contributed by atoms with Crippen LogP contribution in [0.25, 0.3) is 0 Å². The van der Waals surface area contributed by atoms with Crippen molar-refractivity contribution >= 4 is 17.7 Å². The summed E-state index contributed by atoms with van der Waals surface area (Å²) in [6.45, 7) is 1.21. The molecule has 2 aliphatic rings. The third-order valence-corrected chi connectivity index (χ3v) is 5.08. The van der Waals surface area contributed by atoms with E-state index in [4.69, 9.17) is 0 Å². The molecule has 0 bridgehead atoms. The SMILES string of the molecule is O=C1CCC(N2Cc3c(C#CCCCn4ccnc4)cccc3C2=O)C(=O)N1. The van der Waals surface area contributed by atoms with Gasteiger partial charge >= 0.3 is 0 Å². The van der Waals surface area contributed by atoms with E-state index in [9.17, 15) is 14.4 Å². The van der Waals surface area contributed by atoms with E-state index in [-0.39, 0.29) is 18.2 Å². The van der Waals surface area contributed by atoms with Gasteiger partial charge in [0.25, 0.3) is 5.91 Å². The number of hydrogen-bond acceptors (Lipinski definition) is 4. The van der Waals surface area contributed by atoms with Crippen LogP contribution in [-0.4, -0.2) is 38.2 Å². The zero-order valence-corrected chi connectivity index (χ0v) is 15.4. The van der Waals surface area contributed by atoms with Crippen LogP contribution in [0.3, 0.4) is 0 Å². The predicted molar refractivity (Wildman–Crippen MR) is 101 cm³/mol. The number of imide groups is 1. The summed E-state index contributed by atoms with van der Waals surface area (Å²) in [6, 6.07) is 4.89. The Morgan fingerprint density at radius 2 is 2.14 bits per heavy atom. The summed E-state index contributed by atoms with van der Waals surface area (Å²) in [5, 5.41) is 2.32. The van der Waals surface area contributed by atoms with Crippen molar-refractivity contribution in [2.75, 3.05) is 0 Å². The molecule has 7 nitrogen and oxygen atoms in total. The number of aryl methyl sites for hydroxylation is 1. The van der Waals surface area contributed by atoms with E-state index in [2.05, 4.69) is 22.1 Å². The molecule has 1 fully saturated rings. The van der Waals surface area contributed by atoms with Crippen LogP contribution in [0.1, 0.15) is 47.2 Å². The van der Waals surface area contributed by atoms with Gasteiger partial charge < -0.3 is 9.47 Å². The highest BCUT2D eigenvalue weighted by molar-refractivity contribution is 6.05. The highest BCUT2D eigenvalue weighted by Crippen LogP contribution is 2.29. The van der Waals surface area contributed by atoms with Crippen molar-refractivity contribution in [3.05, 3.63) is 53.6 Å². The predicted octanol–water partition coefficient (Wildman–Crippen LogP) is 1.48. The number of carbonyl (C=O) groups is 3. The van der Waals surface area contributed by atoms with Gasteiger partial charge in [0, 0.05) is 49.5 Å². The molecule has 3 amide bonds. The minimum Gasteiger partial charge on any atom is -0.337 e. The maximum absolute atomic E-state index is 12.8. The Hall–Kier alpha value is -3.40. The standard InChI is InChI=1S/C21H20N4O3/c26-19-9-8-18(20(27)23-19)25-13-17-15(6-4-7-16(17)21(25)28)5-2-1-3-11-24-12-10-22-14-24/h4,6-7,10,12,14,18H,1,3,8-9,11,13H2,(H,23,26,27). The summed E-state index contributed by atoms with van der Waals surface area (Å²) >= 11 is 0. The number of nitrogens with zero attached hydrogens (tertiary/aromatic N) is 3. The Bertz CT molecular complexity index is 985. The maximum Gasteiger partial charge on any atom is 0.255 e. The molecule has 0 spiro atoms. The lowest BCUT2D eigenvalue weighted by Gasteiger charge is -2.29. The number of piperidine rings is 1. The molecule has 1 N–H and O–H groups in total. The van der Waals surface area contributed by atoms with Crippen LogP contribution in [0.5, 0.6) is 0 Å². The van der Waals surface area contributed by atoms with Crippen LogP contribution < -0.4 is 5.32 Å². The monoisotopic (exact) mass is 376 g/mol. The lowest BCUT2D eigenvalue weighted by molar-refractivity contribution is -0.136. The minimum absolute atomic E-state index is 0.173. The van der Waals surface area contributed by atoms with Crippen molar-refractivity contribution in [1.82, 2.24) is 19.8 Å². The summed E-state index contributed by atoms with van der Waals surface area (Å²) in [5.41, 5.74) is 2.28. The van der Waals surface area contributed by atoms with E-state index in [0.717, 1.165) is 30.5 Å². The molecule has 1 aromatic heterocycles. The van der Waals surface area contributed by atoms with E-state index in [1.54, 1.807) is 23.5 Å². The highest BCUT2D eigenvalue weighted by atomic mass is 16.2. The summed E-state index contributed by atoms with van der Waals surface area (Å²) in [6.07, 6.45) is 7.73. The van der Waals surface area contributed by atoms with Crippen LogP contribution in [0, 0.1) is 11.8 Å². The Kier molecular flexibility index (Phi) is 4.94. The van der Waals surface area contributed by atoms with Gasteiger partial charge in [0.15, 0.2) is 0 Å². The van der Waals surface area contributed by atoms with E-state index in [1.807, 2.05) is 22.9 Å². The molecule has 7 heteroatoms. The molecular formula is C21H20N4O3. The number of fused-ring (bicyclic) bond motifs is 1. The fourth-order valence-electron chi connectivity index (χ4n) is 3.63. The first-order valence-electron chi connectivity index (χ1n) is 9.34. The summed E-state index contributed by atoms with van der Waals surface area (Å²) in [4.78, 5) is 41.9. The van der Waals surface area contributed by atoms with Gasteiger partial charge in [-0.3, -0.25) is 19.7 Å². The van der Waals surface area contributed by atoms with Crippen LogP contribution in [-0.2, 0) is 22.7 Å². The van der Waals surface area contributed by atoms with Gasteiger partial charge in [-0.2, -0.15) is 0 Å². The van der Waals surface area contributed by atoms with Gasteiger partial charge in [0.1, 0.15) is 6.04 Å². The van der Waals surface area contributed by atoms with E-state index in [0.29, 0.717) is 18.5 Å². The molecule has 0 radical (unpaired) electrons. The van der Waals surface area contributed by atoms with Crippen LogP contribution in [0.15, 0.2) is 36.9 Å². The summed E-state index contributed by atoms with van der Waals surface area (Å²) in [7, 11) is 0. The average Bonchev–Trinajstić information content (AvgIpc) is 3.31. The maximum atomic E-state index is 12.8. The molecule has 3 heterocycles. The third-order valence-electron chi connectivity index (χ3n) is 5.08. The van der Waals surface area contributed by atoms with Crippen LogP contribution >= 0.6 is 0 Å². The molecule has 0 saturated carbocycles. The fraction of sp³-hybridized carbons (Fsp3) is 0.333. The summed E-state index contributed by atoms with van der Waals surface area (Å²) in [5.74, 6) is 5.50. The number of aromatic nitrogens is 2. The largest absolute Gasteiger partial charge is 0.337 e. The first kappa shape index (κ1) is 18.0. The van der Waals surface area contributed by atoms with Gasteiger partial charge in [-0.1, -0.05) is 17.9 Å². The highest BCUT2D eigenvalue weighted by Gasteiger charge is 2.39. The molecular weight excluding hydrogens is 356 g/mol. The second-order valence-corrected chi connectivity index (χ2v) is 6.94. The fourth-order valence-corrected chi connectivity index (χ4v) is 3.63. The van der Waals surface area contributed by atoms with Gasteiger partial charge in [-0.25, -0.2) is 4.98 Å². The molecule has 142 valence electrons. The molecule has 1 saturated heterocycles. The Morgan fingerprint density at radius 3 is 2.93 bits per heavy atom. The van der Waals surface area contributed by atoms with Gasteiger partial charge in [0.2, 0.25) is 11.8 Å². The average molecular weight is 376 g/mol. The third kappa shape index (κ3) is 3.54. The van der Waals surface area contributed by atoms with Crippen molar-refractivity contribution in [2.24, 2.45) is 0 Å². The van der Waals surface area contributed by atoms with Crippen molar-refractivity contribution in [3.8, 4) is 11.8 Å². The van der Waals surface area contributed by atoms with E-state index < -0.39 is 11.9 Å². The number of hydrogen-bond donors (Lipinski definition) is 1.